The standard InChI is InChI=1S/C14H22BrNO/c1-3-12(7-11(8-16)9-17)13-5-4-10(2)6-14(13)15/h4-6,11-12,17H,3,7-9,16H2,1-2H3. The lowest BCUT2D eigenvalue weighted by Crippen LogP contribution is -2.20. The van der Waals surface area contributed by atoms with Crippen LogP contribution in [0.1, 0.15) is 36.8 Å². The molecule has 1 rings (SSSR count). The molecule has 3 N–H and O–H groups in total. The van der Waals surface area contributed by atoms with Gasteiger partial charge in [0.1, 0.15) is 0 Å². The highest BCUT2D eigenvalue weighted by atomic mass is 79.9. The summed E-state index contributed by atoms with van der Waals surface area (Å²) < 4.78 is 1.16. The molecule has 0 aromatic heterocycles. The molecule has 96 valence electrons. The van der Waals surface area contributed by atoms with Gasteiger partial charge in [-0.1, -0.05) is 35.0 Å². The summed E-state index contributed by atoms with van der Waals surface area (Å²) in [6, 6.07) is 6.46. The molecule has 0 heterocycles. The maximum atomic E-state index is 9.24. The molecule has 2 unspecified atom stereocenters. The molecule has 0 aliphatic heterocycles. The number of hydrogen-bond acceptors (Lipinski definition) is 2. The Labute approximate surface area is 112 Å². The molecule has 0 aliphatic carbocycles. The predicted molar refractivity (Wildman–Crippen MR) is 76.2 cm³/mol. The highest BCUT2D eigenvalue weighted by Crippen LogP contribution is 2.32. The lowest BCUT2D eigenvalue weighted by molar-refractivity contribution is 0.214. The molecule has 1 aromatic carbocycles. The third kappa shape index (κ3) is 4.09. The summed E-state index contributed by atoms with van der Waals surface area (Å²) in [6.45, 7) is 5.00. The van der Waals surface area contributed by atoms with Gasteiger partial charge in [-0.15, -0.1) is 0 Å². The van der Waals surface area contributed by atoms with Crippen LogP contribution >= 0.6 is 15.9 Å². The normalized spacial score (nSPS) is 14.6. The van der Waals surface area contributed by atoms with E-state index < -0.39 is 0 Å². The molecule has 3 heteroatoms. The van der Waals surface area contributed by atoms with Crippen molar-refractivity contribution in [3.05, 3.63) is 33.8 Å². The molecule has 0 fully saturated rings. The van der Waals surface area contributed by atoms with Gasteiger partial charge >= 0.3 is 0 Å². The topological polar surface area (TPSA) is 46.2 Å². The number of hydrogen-bond donors (Lipinski definition) is 2. The molecule has 0 bridgehead atoms. The highest BCUT2D eigenvalue weighted by molar-refractivity contribution is 9.10. The van der Waals surface area contributed by atoms with E-state index >= 15 is 0 Å². The van der Waals surface area contributed by atoms with E-state index in [1.54, 1.807) is 0 Å². The van der Waals surface area contributed by atoms with Crippen molar-refractivity contribution in [1.29, 1.82) is 0 Å². The number of rotatable bonds is 6. The highest BCUT2D eigenvalue weighted by Gasteiger charge is 2.17. The quantitative estimate of drug-likeness (QED) is 0.847. The fraction of sp³-hybridized carbons (Fsp3) is 0.571. The number of aryl methyl sites for hydroxylation is 1. The van der Waals surface area contributed by atoms with E-state index in [4.69, 9.17) is 5.73 Å². The van der Waals surface area contributed by atoms with Crippen LogP contribution in [0.4, 0.5) is 0 Å². The molecule has 2 nitrogen and oxygen atoms in total. The fourth-order valence-electron chi connectivity index (χ4n) is 2.12. The molecular weight excluding hydrogens is 278 g/mol. The van der Waals surface area contributed by atoms with Crippen LogP contribution in [0.2, 0.25) is 0 Å². The fourth-order valence-corrected chi connectivity index (χ4v) is 2.94. The predicted octanol–water partition coefficient (Wildman–Crippen LogP) is 3.21. The van der Waals surface area contributed by atoms with Crippen molar-refractivity contribution in [1.82, 2.24) is 0 Å². The number of aliphatic hydroxyl groups excluding tert-OH is 1. The Morgan fingerprint density at radius 2 is 2.12 bits per heavy atom. The molecule has 17 heavy (non-hydrogen) atoms. The summed E-state index contributed by atoms with van der Waals surface area (Å²) in [5, 5.41) is 9.24. The van der Waals surface area contributed by atoms with Crippen molar-refractivity contribution in [2.75, 3.05) is 13.2 Å². The largest absolute Gasteiger partial charge is 0.396 e. The first-order valence-electron chi connectivity index (χ1n) is 6.19. The lowest BCUT2D eigenvalue weighted by atomic mass is 9.87. The molecule has 0 aliphatic rings. The Bertz CT molecular complexity index is 350. The average Bonchev–Trinajstić information content (AvgIpc) is 2.32. The van der Waals surface area contributed by atoms with Gasteiger partial charge in [0, 0.05) is 11.1 Å². The van der Waals surface area contributed by atoms with Crippen LogP contribution in [0.5, 0.6) is 0 Å². The second-order valence-corrected chi connectivity index (χ2v) is 5.50. The molecule has 0 spiro atoms. The van der Waals surface area contributed by atoms with Crippen LogP contribution < -0.4 is 5.73 Å². The molecule has 0 amide bonds. The smallest absolute Gasteiger partial charge is 0.0471 e. The maximum absolute atomic E-state index is 9.24. The Hall–Kier alpha value is -0.380. The van der Waals surface area contributed by atoms with Crippen LogP contribution in [-0.2, 0) is 0 Å². The van der Waals surface area contributed by atoms with E-state index in [0.717, 1.165) is 17.3 Å². The maximum Gasteiger partial charge on any atom is 0.0471 e. The monoisotopic (exact) mass is 299 g/mol. The molecule has 2 atom stereocenters. The number of halogens is 1. The van der Waals surface area contributed by atoms with Gasteiger partial charge in [0.05, 0.1) is 0 Å². The lowest BCUT2D eigenvalue weighted by Gasteiger charge is -2.21. The zero-order chi connectivity index (χ0) is 12.8. The van der Waals surface area contributed by atoms with E-state index in [-0.39, 0.29) is 12.5 Å². The van der Waals surface area contributed by atoms with Gasteiger partial charge in [-0.2, -0.15) is 0 Å². The third-order valence-electron chi connectivity index (χ3n) is 3.30. The molecule has 0 saturated heterocycles. The molecular formula is C14H22BrNO. The number of aliphatic hydroxyl groups is 1. The minimum Gasteiger partial charge on any atom is -0.396 e. The van der Waals surface area contributed by atoms with Gasteiger partial charge in [0.25, 0.3) is 0 Å². The van der Waals surface area contributed by atoms with Gasteiger partial charge in [-0.05, 0) is 55.3 Å². The van der Waals surface area contributed by atoms with Crippen LogP contribution in [0, 0.1) is 12.8 Å². The second-order valence-electron chi connectivity index (χ2n) is 4.65. The van der Waals surface area contributed by atoms with Crippen LogP contribution in [-0.4, -0.2) is 18.3 Å². The summed E-state index contributed by atoms with van der Waals surface area (Å²) in [5.74, 6) is 0.666. The van der Waals surface area contributed by atoms with E-state index in [2.05, 4.69) is 48.0 Å². The van der Waals surface area contributed by atoms with Gasteiger partial charge in [0.15, 0.2) is 0 Å². The van der Waals surface area contributed by atoms with Crippen molar-refractivity contribution in [3.8, 4) is 0 Å². The molecule has 0 saturated carbocycles. The van der Waals surface area contributed by atoms with Crippen LogP contribution in [0.15, 0.2) is 22.7 Å². The van der Waals surface area contributed by atoms with Crippen molar-refractivity contribution in [3.63, 3.8) is 0 Å². The van der Waals surface area contributed by atoms with Crippen LogP contribution in [0.3, 0.4) is 0 Å². The summed E-state index contributed by atoms with van der Waals surface area (Å²) in [4.78, 5) is 0. The van der Waals surface area contributed by atoms with Crippen molar-refractivity contribution >= 4 is 15.9 Å². The zero-order valence-corrected chi connectivity index (χ0v) is 12.2. The van der Waals surface area contributed by atoms with Gasteiger partial charge in [0.2, 0.25) is 0 Å². The Kier molecular flexibility index (Phi) is 6.17. The summed E-state index contributed by atoms with van der Waals surface area (Å²) >= 11 is 3.63. The Morgan fingerprint density at radius 1 is 1.41 bits per heavy atom. The molecule has 0 radical (unpaired) electrons. The minimum absolute atomic E-state index is 0.177. The summed E-state index contributed by atoms with van der Waals surface area (Å²) in [5.41, 5.74) is 8.24. The Morgan fingerprint density at radius 3 is 2.59 bits per heavy atom. The van der Waals surface area contributed by atoms with Gasteiger partial charge in [-0.3, -0.25) is 0 Å². The zero-order valence-electron chi connectivity index (χ0n) is 10.6. The third-order valence-corrected chi connectivity index (χ3v) is 3.98. The first-order valence-corrected chi connectivity index (χ1v) is 6.98. The van der Waals surface area contributed by atoms with Crippen molar-refractivity contribution in [2.24, 2.45) is 11.7 Å². The van der Waals surface area contributed by atoms with E-state index in [1.165, 1.54) is 11.1 Å². The van der Waals surface area contributed by atoms with Crippen LogP contribution in [0.25, 0.3) is 0 Å². The van der Waals surface area contributed by atoms with Gasteiger partial charge in [-0.25, -0.2) is 0 Å². The minimum atomic E-state index is 0.177. The van der Waals surface area contributed by atoms with Crippen molar-refractivity contribution < 1.29 is 5.11 Å². The van der Waals surface area contributed by atoms with Gasteiger partial charge < -0.3 is 10.8 Å². The van der Waals surface area contributed by atoms with Crippen molar-refractivity contribution in [2.45, 2.75) is 32.6 Å². The first kappa shape index (κ1) is 14.7. The van der Waals surface area contributed by atoms with E-state index in [1.807, 2.05) is 0 Å². The summed E-state index contributed by atoms with van der Waals surface area (Å²) in [6.07, 6.45) is 2.02. The first-order chi connectivity index (χ1) is 8.12. The van der Waals surface area contributed by atoms with E-state index in [9.17, 15) is 5.11 Å². The summed E-state index contributed by atoms with van der Waals surface area (Å²) in [7, 11) is 0. The molecule has 1 aromatic rings. The second kappa shape index (κ2) is 7.14. The number of benzene rings is 1. The van der Waals surface area contributed by atoms with E-state index in [0.29, 0.717) is 12.5 Å². The Balaban J connectivity index is 2.85. The number of nitrogens with two attached hydrogens (primary N) is 1. The SMILES string of the molecule is CCC(CC(CN)CO)c1ccc(C)cc1Br. The average molecular weight is 300 g/mol.